The predicted molar refractivity (Wildman–Crippen MR) is 95.3 cm³/mol. The minimum absolute atomic E-state index is 0.0109. The molecule has 1 aliphatic carbocycles. The zero-order valence-corrected chi connectivity index (χ0v) is 15.9. The van der Waals surface area contributed by atoms with Gasteiger partial charge in [0.05, 0.1) is 6.54 Å². The Morgan fingerprint density at radius 2 is 1.92 bits per heavy atom. The lowest BCUT2D eigenvalue weighted by molar-refractivity contribution is -0.147. The van der Waals surface area contributed by atoms with Crippen molar-refractivity contribution < 1.29 is 9.59 Å². The van der Waals surface area contributed by atoms with Crippen LogP contribution in [0.4, 0.5) is 0 Å². The molecule has 0 spiro atoms. The van der Waals surface area contributed by atoms with Gasteiger partial charge >= 0.3 is 0 Å². The van der Waals surface area contributed by atoms with E-state index in [0.717, 1.165) is 18.5 Å². The van der Waals surface area contributed by atoms with Gasteiger partial charge in [-0.3, -0.25) is 9.59 Å². The minimum Gasteiger partial charge on any atom is -0.353 e. The second kappa shape index (κ2) is 6.99. The monoisotopic (exact) mass is 333 g/mol. The van der Waals surface area contributed by atoms with Gasteiger partial charge in [-0.1, -0.05) is 20.8 Å². The summed E-state index contributed by atoms with van der Waals surface area (Å²) in [6.07, 6.45) is 4.12. The van der Waals surface area contributed by atoms with Crippen LogP contribution in [-0.2, 0) is 23.2 Å². The number of hydrogen-bond donors (Lipinski definition) is 0. The minimum atomic E-state index is -0.479. The van der Waals surface area contributed by atoms with E-state index in [1.54, 1.807) is 4.90 Å². The molecule has 0 radical (unpaired) electrons. The molecule has 5 heteroatoms. The zero-order chi connectivity index (χ0) is 18.1. The molecular weight excluding hydrogens is 302 g/mol. The van der Waals surface area contributed by atoms with Crippen molar-refractivity contribution in [3.63, 3.8) is 0 Å². The van der Waals surface area contributed by atoms with Crippen LogP contribution in [-0.4, -0.2) is 44.8 Å². The molecule has 134 valence electrons. The van der Waals surface area contributed by atoms with Gasteiger partial charge in [-0.15, -0.1) is 0 Å². The highest BCUT2D eigenvalue weighted by Gasteiger charge is 2.36. The lowest BCUT2D eigenvalue weighted by atomic mass is 9.94. The lowest BCUT2D eigenvalue weighted by Gasteiger charge is -2.34. The van der Waals surface area contributed by atoms with Crippen LogP contribution in [0.1, 0.15) is 53.2 Å². The molecule has 1 heterocycles. The third-order valence-corrected chi connectivity index (χ3v) is 4.52. The van der Waals surface area contributed by atoms with E-state index in [1.807, 2.05) is 69.5 Å². The maximum atomic E-state index is 12.9. The van der Waals surface area contributed by atoms with Crippen LogP contribution in [0.15, 0.2) is 18.3 Å². The molecule has 0 aromatic carbocycles. The number of hydrogen-bond acceptors (Lipinski definition) is 2. The Labute approximate surface area is 145 Å². The van der Waals surface area contributed by atoms with E-state index < -0.39 is 5.41 Å². The summed E-state index contributed by atoms with van der Waals surface area (Å²) in [6, 6.07) is 4.38. The quantitative estimate of drug-likeness (QED) is 0.803. The topological polar surface area (TPSA) is 45.6 Å². The molecule has 2 amide bonds. The number of carbonyl (C=O) groups is 2. The smallest absolute Gasteiger partial charge is 0.242 e. The number of carbonyl (C=O) groups excluding carboxylic acids is 2. The highest BCUT2D eigenvalue weighted by molar-refractivity contribution is 5.87. The lowest BCUT2D eigenvalue weighted by Crippen LogP contribution is -2.49. The summed E-state index contributed by atoms with van der Waals surface area (Å²) < 4.78 is 2.04. The molecule has 0 N–H and O–H groups in total. The Morgan fingerprint density at radius 3 is 2.33 bits per heavy atom. The second-order valence-corrected chi connectivity index (χ2v) is 8.14. The van der Waals surface area contributed by atoms with E-state index >= 15 is 0 Å². The van der Waals surface area contributed by atoms with Gasteiger partial charge in [-0.05, 0) is 38.8 Å². The number of aromatic nitrogens is 1. The molecule has 2 rings (SSSR count). The first kappa shape index (κ1) is 18.6. The van der Waals surface area contributed by atoms with E-state index in [1.165, 1.54) is 0 Å². The summed E-state index contributed by atoms with van der Waals surface area (Å²) in [4.78, 5) is 29.3. The standard InChI is InChI=1S/C19H31N3O2/c1-14(2)21(18(24)19(3,4)5)13-17(23)22(15-9-10-15)12-16-8-7-11-20(16)6/h7-8,11,14-15H,9-10,12-13H2,1-6H3. The maximum Gasteiger partial charge on any atom is 0.242 e. The van der Waals surface area contributed by atoms with E-state index in [2.05, 4.69) is 0 Å². The molecule has 0 bridgehead atoms. The van der Waals surface area contributed by atoms with E-state index in [0.29, 0.717) is 12.6 Å². The summed E-state index contributed by atoms with van der Waals surface area (Å²) in [5.41, 5.74) is 0.640. The van der Waals surface area contributed by atoms with Crippen LogP contribution in [0, 0.1) is 5.41 Å². The van der Waals surface area contributed by atoms with Crippen LogP contribution in [0.3, 0.4) is 0 Å². The molecule has 24 heavy (non-hydrogen) atoms. The fraction of sp³-hybridized carbons (Fsp3) is 0.684. The van der Waals surface area contributed by atoms with Gasteiger partial charge in [0, 0.05) is 36.4 Å². The van der Waals surface area contributed by atoms with Crippen molar-refractivity contribution in [1.82, 2.24) is 14.4 Å². The van der Waals surface area contributed by atoms with Crippen LogP contribution >= 0.6 is 0 Å². The summed E-state index contributed by atoms with van der Waals surface area (Å²) in [7, 11) is 1.99. The third-order valence-electron chi connectivity index (χ3n) is 4.52. The van der Waals surface area contributed by atoms with Crippen LogP contribution in [0.5, 0.6) is 0 Å². The predicted octanol–water partition coefficient (Wildman–Crippen LogP) is 2.80. The Bertz CT molecular complexity index is 594. The van der Waals surface area contributed by atoms with Crippen molar-refractivity contribution in [3.8, 4) is 0 Å². The summed E-state index contributed by atoms with van der Waals surface area (Å²) in [6.45, 7) is 10.4. The van der Waals surface area contributed by atoms with E-state index in [-0.39, 0.29) is 24.4 Å². The first-order valence-corrected chi connectivity index (χ1v) is 8.82. The molecule has 1 aliphatic rings. The van der Waals surface area contributed by atoms with Gasteiger partial charge in [0.1, 0.15) is 6.54 Å². The van der Waals surface area contributed by atoms with Gasteiger partial charge < -0.3 is 14.4 Å². The Balaban J connectivity index is 2.11. The fourth-order valence-electron chi connectivity index (χ4n) is 2.80. The van der Waals surface area contributed by atoms with Gasteiger partial charge in [0.15, 0.2) is 0 Å². The molecular formula is C19H31N3O2. The van der Waals surface area contributed by atoms with Crippen LogP contribution < -0.4 is 0 Å². The molecule has 0 saturated heterocycles. The summed E-state index contributed by atoms with van der Waals surface area (Å²) in [5.74, 6) is 0.0745. The van der Waals surface area contributed by atoms with Crippen molar-refractivity contribution in [2.45, 2.75) is 66.1 Å². The number of nitrogens with zero attached hydrogens (tertiary/aromatic N) is 3. The number of aryl methyl sites for hydroxylation is 1. The SMILES string of the molecule is CC(C)N(CC(=O)N(Cc1cccn1C)C1CC1)C(=O)C(C)(C)C. The average molecular weight is 333 g/mol. The zero-order valence-electron chi connectivity index (χ0n) is 15.9. The van der Waals surface area contributed by atoms with E-state index in [9.17, 15) is 9.59 Å². The van der Waals surface area contributed by atoms with Gasteiger partial charge in [-0.2, -0.15) is 0 Å². The van der Waals surface area contributed by atoms with Crippen molar-refractivity contribution in [2.75, 3.05) is 6.54 Å². The highest BCUT2D eigenvalue weighted by atomic mass is 16.2. The molecule has 0 aliphatic heterocycles. The van der Waals surface area contributed by atoms with Gasteiger partial charge in [-0.25, -0.2) is 0 Å². The van der Waals surface area contributed by atoms with Crippen molar-refractivity contribution in [1.29, 1.82) is 0 Å². The first-order chi connectivity index (χ1) is 11.1. The van der Waals surface area contributed by atoms with Crippen LogP contribution in [0.25, 0.3) is 0 Å². The van der Waals surface area contributed by atoms with E-state index in [4.69, 9.17) is 0 Å². The summed E-state index contributed by atoms with van der Waals surface area (Å²) >= 11 is 0. The first-order valence-electron chi connectivity index (χ1n) is 8.82. The summed E-state index contributed by atoms with van der Waals surface area (Å²) in [5, 5.41) is 0. The Hall–Kier alpha value is -1.78. The Kier molecular flexibility index (Phi) is 5.41. The molecule has 1 aromatic rings. The van der Waals surface area contributed by atoms with Gasteiger partial charge in [0.25, 0.3) is 0 Å². The number of rotatable bonds is 6. The normalized spacial score (nSPS) is 14.8. The molecule has 5 nitrogen and oxygen atoms in total. The molecule has 0 unspecified atom stereocenters. The number of amides is 2. The van der Waals surface area contributed by atoms with Crippen molar-refractivity contribution >= 4 is 11.8 Å². The maximum absolute atomic E-state index is 12.9. The third kappa shape index (κ3) is 4.40. The van der Waals surface area contributed by atoms with Crippen molar-refractivity contribution in [2.24, 2.45) is 12.5 Å². The second-order valence-electron chi connectivity index (χ2n) is 8.14. The Morgan fingerprint density at radius 1 is 1.29 bits per heavy atom. The highest BCUT2D eigenvalue weighted by Crippen LogP contribution is 2.29. The molecule has 1 fully saturated rings. The average Bonchev–Trinajstić information content (AvgIpc) is 3.23. The van der Waals surface area contributed by atoms with Crippen molar-refractivity contribution in [3.05, 3.63) is 24.0 Å². The van der Waals surface area contributed by atoms with Gasteiger partial charge in [0.2, 0.25) is 11.8 Å². The fourth-order valence-corrected chi connectivity index (χ4v) is 2.80. The molecule has 1 aromatic heterocycles. The molecule has 0 atom stereocenters. The van der Waals surface area contributed by atoms with Crippen LogP contribution in [0.2, 0.25) is 0 Å². The largest absolute Gasteiger partial charge is 0.353 e. The molecule has 1 saturated carbocycles.